The molecule has 0 spiro atoms. The Balaban J connectivity index is 1.78. The van der Waals surface area contributed by atoms with Crippen LogP contribution in [-0.4, -0.2) is 29.4 Å². The van der Waals surface area contributed by atoms with Crippen LogP contribution in [-0.2, 0) is 16.1 Å². The summed E-state index contributed by atoms with van der Waals surface area (Å²) in [7, 11) is 0. The summed E-state index contributed by atoms with van der Waals surface area (Å²) in [5.74, 6) is 0.202. The zero-order chi connectivity index (χ0) is 20.8. The molecule has 0 saturated carbocycles. The summed E-state index contributed by atoms with van der Waals surface area (Å²) in [6.07, 6.45) is 0.333. The second-order valence-electron chi connectivity index (χ2n) is 6.70. The van der Waals surface area contributed by atoms with E-state index in [4.69, 9.17) is 4.74 Å². The highest BCUT2D eigenvalue weighted by atomic mass is 32.2. The largest absolute Gasteiger partial charge is 0.380 e. The zero-order valence-electron chi connectivity index (χ0n) is 16.9. The number of ether oxygens (including phenoxy) is 1. The number of nitrogens with zero attached hydrogens (tertiary/aromatic N) is 2. The summed E-state index contributed by atoms with van der Waals surface area (Å²) in [5, 5.41) is 0. The highest BCUT2D eigenvalue weighted by Crippen LogP contribution is 2.22. The van der Waals surface area contributed by atoms with E-state index in [1.165, 1.54) is 46.4 Å². The Morgan fingerprint density at radius 3 is 2.66 bits per heavy atom. The molecule has 0 unspecified atom stereocenters. The monoisotopic (exact) mass is 432 g/mol. The Kier molecular flexibility index (Phi) is 7.64. The molecule has 1 aromatic heterocycles. The van der Waals surface area contributed by atoms with Gasteiger partial charge in [-0.2, -0.15) is 4.99 Å². The van der Waals surface area contributed by atoms with Crippen molar-refractivity contribution in [1.82, 2.24) is 4.57 Å². The number of aryl methyl sites for hydroxylation is 2. The smallest absolute Gasteiger partial charge is 0.249 e. The van der Waals surface area contributed by atoms with Gasteiger partial charge >= 0.3 is 0 Å². The Bertz CT molecular complexity index is 1060. The lowest BCUT2D eigenvalue weighted by molar-refractivity contribution is -0.117. The maximum atomic E-state index is 13.0. The van der Waals surface area contributed by atoms with Gasteiger partial charge < -0.3 is 9.30 Å². The molecule has 4 nitrogen and oxygen atoms in total. The quantitative estimate of drug-likeness (QED) is 0.367. The van der Waals surface area contributed by atoms with Gasteiger partial charge in [0.25, 0.3) is 0 Å². The Morgan fingerprint density at radius 2 is 1.93 bits per heavy atom. The Labute approximate surface area is 178 Å². The standard InChI is InChI=1S/C22H25FN2O2S2/c1-4-27-11-10-25-19-13-15(2)16(3)14-20(19)29-22(25)24-21(26)9-12-28-18-7-5-17(23)6-8-18/h5-8,13-14H,4,9-12H2,1-3H3. The molecular weight excluding hydrogens is 407 g/mol. The van der Waals surface area contributed by atoms with Crippen molar-refractivity contribution >= 4 is 39.2 Å². The number of hydrogen-bond acceptors (Lipinski definition) is 4. The molecule has 1 amide bonds. The number of fused-ring (bicyclic) bond motifs is 1. The van der Waals surface area contributed by atoms with Gasteiger partial charge in [0, 0.05) is 30.2 Å². The predicted molar refractivity (Wildman–Crippen MR) is 118 cm³/mol. The van der Waals surface area contributed by atoms with Crippen LogP contribution < -0.4 is 4.80 Å². The molecule has 0 fully saturated rings. The van der Waals surface area contributed by atoms with Gasteiger partial charge in [0.15, 0.2) is 4.80 Å². The van der Waals surface area contributed by atoms with Gasteiger partial charge in [0.1, 0.15) is 5.82 Å². The molecule has 0 aliphatic rings. The fourth-order valence-electron chi connectivity index (χ4n) is 2.87. The van der Waals surface area contributed by atoms with E-state index in [0.29, 0.717) is 36.7 Å². The zero-order valence-corrected chi connectivity index (χ0v) is 18.5. The van der Waals surface area contributed by atoms with E-state index in [2.05, 4.69) is 35.5 Å². The number of benzene rings is 2. The van der Waals surface area contributed by atoms with E-state index in [1.54, 1.807) is 12.1 Å². The van der Waals surface area contributed by atoms with Gasteiger partial charge in [-0.15, -0.1) is 11.8 Å². The Morgan fingerprint density at radius 1 is 1.21 bits per heavy atom. The first kappa shape index (κ1) is 21.7. The Hall–Kier alpha value is -1.96. The van der Waals surface area contributed by atoms with Crippen molar-refractivity contribution in [2.75, 3.05) is 19.0 Å². The topological polar surface area (TPSA) is 43.6 Å². The summed E-state index contributed by atoms with van der Waals surface area (Å²) < 4.78 is 21.7. The molecule has 0 saturated heterocycles. The number of aromatic nitrogens is 1. The molecule has 0 atom stereocenters. The van der Waals surface area contributed by atoms with Crippen molar-refractivity contribution in [2.45, 2.75) is 38.6 Å². The van der Waals surface area contributed by atoms with E-state index < -0.39 is 0 Å². The molecule has 2 aromatic carbocycles. The third kappa shape index (κ3) is 5.78. The number of carbonyl (C=O) groups excluding carboxylic acids is 1. The van der Waals surface area contributed by atoms with E-state index in [9.17, 15) is 9.18 Å². The maximum Gasteiger partial charge on any atom is 0.249 e. The number of rotatable bonds is 8. The van der Waals surface area contributed by atoms with Crippen LogP contribution >= 0.6 is 23.1 Å². The van der Waals surface area contributed by atoms with Gasteiger partial charge in [-0.1, -0.05) is 11.3 Å². The summed E-state index contributed by atoms with van der Waals surface area (Å²) in [5.41, 5.74) is 3.53. The van der Waals surface area contributed by atoms with E-state index in [-0.39, 0.29) is 11.7 Å². The summed E-state index contributed by atoms with van der Waals surface area (Å²) in [4.78, 5) is 18.5. The summed E-state index contributed by atoms with van der Waals surface area (Å²) in [6.45, 7) is 8.05. The van der Waals surface area contributed by atoms with Gasteiger partial charge in [-0.05, 0) is 68.3 Å². The molecule has 154 valence electrons. The molecule has 0 bridgehead atoms. The minimum atomic E-state index is -0.257. The van der Waals surface area contributed by atoms with Crippen molar-refractivity contribution in [3.05, 3.63) is 58.1 Å². The first-order valence-electron chi connectivity index (χ1n) is 9.62. The fraction of sp³-hybridized carbons (Fsp3) is 0.364. The average Bonchev–Trinajstić information content (AvgIpc) is 3.00. The van der Waals surface area contributed by atoms with E-state index in [0.717, 1.165) is 15.1 Å². The lowest BCUT2D eigenvalue weighted by atomic mass is 10.1. The normalized spacial score (nSPS) is 12.1. The highest BCUT2D eigenvalue weighted by molar-refractivity contribution is 7.99. The molecule has 0 N–H and O–H groups in total. The van der Waals surface area contributed by atoms with Gasteiger partial charge in [-0.3, -0.25) is 4.79 Å². The molecule has 0 radical (unpaired) electrons. The van der Waals surface area contributed by atoms with Crippen LogP contribution in [0.4, 0.5) is 4.39 Å². The SMILES string of the molecule is CCOCCn1c(=NC(=O)CCSc2ccc(F)cc2)sc2cc(C)c(C)cc21. The van der Waals surface area contributed by atoms with Gasteiger partial charge in [-0.25, -0.2) is 4.39 Å². The first-order chi connectivity index (χ1) is 14.0. The third-order valence-corrected chi connectivity index (χ3v) is 6.64. The minimum absolute atomic E-state index is 0.148. The van der Waals surface area contributed by atoms with Crippen molar-refractivity contribution in [2.24, 2.45) is 4.99 Å². The highest BCUT2D eigenvalue weighted by Gasteiger charge is 2.10. The van der Waals surface area contributed by atoms with Crippen molar-refractivity contribution in [3.63, 3.8) is 0 Å². The van der Waals surface area contributed by atoms with Gasteiger partial charge in [0.05, 0.1) is 16.8 Å². The molecule has 3 aromatic rings. The van der Waals surface area contributed by atoms with E-state index in [1.807, 2.05) is 6.92 Å². The van der Waals surface area contributed by atoms with Crippen LogP contribution in [0.25, 0.3) is 10.2 Å². The maximum absolute atomic E-state index is 13.0. The first-order valence-corrected chi connectivity index (χ1v) is 11.4. The summed E-state index contributed by atoms with van der Waals surface area (Å²) in [6, 6.07) is 10.6. The van der Waals surface area contributed by atoms with Crippen LogP contribution in [0.2, 0.25) is 0 Å². The number of amides is 1. The van der Waals surface area contributed by atoms with Crippen LogP contribution in [0, 0.1) is 19.7 Å². The van der Waals surface area contributed by atoms with Crippen LogP contribution in [0.1, 0.15) is 24.5 Å². The fourth-order valence-corrected chi connectivity index (χ4v) is 4.87. The average molecular weight is 433 g/mol. The molecule has 1 heterocycles. The molecule has 0 aliphatic carbocycles. The number of thioether (sulfide) groups is 1. The molecule has 0 aliphatic heterocycles. The lowest BCUT2D eigenvalue weighted by Gasteiger charge is -2.07. The van der Waals surface area contributed by atoms with Crippen molar-refractivity contribution in [3.8, 4) is 0 Å². The van der Waals surface area contributed by atoms with Crippen molar-refractivity contribution in [1.29, 1.82) is 0 Å². The molecular formula is C22H25FN2O2S2. The molecule has 29 heavy (non-hydrogen) atoms. The minimum Gasteiger partial charge on any atom is -0.380 e. The number of carbonyl (C=O) groups is 1. The third-order valence-electron chi connectivity index (χ3n) is 4.58. The second kappa shape index (κ2) is 10.2. The van der Waals surface area contributed by atoms with Gasteiger partial charge in [0.2, 0.25) is 5.91 Å². The number of halogens is 1. The van der Waals surface area contributed by atoms with Crippen LogP contribution in [0.5, 0.6) is 0 Å². The second-order valence-corrected chi connectivity index (χ2v) is 8.87. The molecule has 3 rings (SSSR count). The van der Waals surface area contributed by atoms with Crippen molar-refractivity contribution < 1.29 is 13.9 Å². The number of hydrogen-bond donors (Lipinski definition) is 0. The molecule has 7 heteroatoms. The van der Waals surface area contributed by atoms with E-state index >= 15 is 0 Å². The van der Waals surface area contributed by atoms with Crippen LogP contribution in [0.15, 0.2) is 46.3 Å². The van der Waals surface area contributed by atoms with Crippen LogP contribution in [0.3, 0.4) is 0 Å². The lowest BCUT2D eigenvalue weighted by Crippen LogP contribution is -2.19. The number of thiazole rings is 1. The summed E-state index contributed by atoms with van der Waals surface area (Å²) >= 11 is 3.06. The predicted octanol–water partition coefficient (Wildman–Crippen LogP) is 5.10.